The molecule has 0 amide bonds. The second kappa shape index (κ2) is 5.95. The van der Waals surface area contributed by atoms with Crippen molar-refractivity contribution in [3.05, 3.63) is 35.5 Å². The lowest BCUT2D eigenvalue weighted by Crippen LogP contribution is -2.28. The standard InChI is InChI=1S/C15H19ClN2O/c16-14-4-1-5-15-13(14)6-8-18(15)9-7-17-11-12-3-2-10-19-12/h1,4-6,8,12,17H,2-3,7,9-11H2. The molecule has 1 aromatic heterocycles. The van der Waals surface area contributed by atoms with Gasteiger partial charge in [-0.2, -0.15) is 0 Å². The summed E-state index contributed by atoms with van der Waals surface area (Å²) in [6, 6.07) is 8.13. The van der Waals surface area contributed by atoms with Crippen LogP contribution < -0.4 is 5.32 Å². The molecule has 1 unspecified atom stereocenters. The summed E-state index contributed by atoms with van der Waals surface area (Å²) in [7, 11) is 0. The van der Waals surface area contributed by atoms with E-state index in [1.165, 1.54) is 18.4 Å². The molecule has 1 saturated heterocycles. The van der Waals surface area contributed by atoms with Crippen molar-refractivity contribution in [2.45, 2.75) is 25.5 Å². The van der Waals surface area contributed by atoms with E-state index in [4.69, 9.17) is 16.3 Å². The number of halogens is 1. The van der Waals surface area contributed by atoms with Crippen LogP contribution in [0.4, 0.5) is 0 Å². The Balaban J connectivity index is 1.55. The molecule has 0 aliphatic carbocycles. The molecule has 4 heteroatoms. The van der Waals surface area contributed by atoms with Gasteiger partial charge in [0.15, 0.2) is 0 Å². The summed E-state index contributed by atoms with van der Waals surface area (Å²) in [5.41, 5.74) is 1.20. The molecule has 1 aliphatic heterocycles. The number of hydrogen-bond acceptors (Lipinski definition) is 2. The summed E-state index contributed by atoms with van der Waals surface area (Å²) in [6.07, 6.45) is 4.91. The smallest absolute Gasteiger partial charge is 0.0700 e. The first-order valence-corrected chi connectivity index (χ1v) is 7.28. The topological polar surface area (TPSA) is 26.2 Å². The van der Waals surface area contributed by atoms with Gasteiger partial charge < -0.3 is 14.6 Å². The van der Waals surface area contributed by atoms with Gasteiger partial charge in [-0.25, -0.2) is 0 Å². The molecule has 0 radical (unpaired) electrons. The molecule has 3 nitrogen and oxygen atoms in total. The normalized spacial score (nSPS) is 19.3. The molecule has 0 saturated carbocycles. The van der Waals surface area contributed by atoms with Crippen molar-refractivity contribution < 1.29 is 4.74 Å². The van der Waals surface area contributed by atoms with E-state index in [9.17, 15) is 0 Å². The van der Waals surface area contributed by atoms with Crippen molar-refractivity contribution in [3.63, 3.8) is 0 Å². The number of nitrogens with one attached hydrogen (secondary N) is 1. The largest absolute Gasteiger partial charge is 0.377 e. The third kappa shape index (κ3) is 2.94. The first-order chi connectivity index (χ1) is 9.34. The lowest BCUT2D eigenvalue weighted by molar-refractivity contribution is 0.110. The summed E-state index contributed by atoms with van der Waals surface area (Å²) < 4.78 is 7.83. The molecule has 102 valence electrons. The van der Waals surface area contributed by atoms with E-state index < -0.39 is 0 Å². The molecule has 1 fully saturated rings. The molecule has 0 bridgehead atoms. The van der Waals surface area contributed by atoms with Gasteiger partial charge in [0.1, 0.15) is 0 Å². The van der Waals surface area contributed by atoms with Gasteiger partial charge in [-0.1, -0.05) is 17.7 Å². The first-order valence-electron chi connectivity index (χ1n) is 6.90. The van der Waals surface area contributed by atoms with Crippen LogP contribution in [0.15, 0.2) is 30.5 Å². The van der Waals surface area contributed by atoms with Crippen molar-refractivity contribution in [3.8, 4) is 0 Å². The summed E-state index contributed by atoms with van der Waals surface area (Å²) in [4.78, 5) is 0. The Morgan fingerprint density at radius 3 is 3.16 bits per heavy atom. The molecular weight excluding hydrogens is 260 g/mol. The molecule has 0 spiro atoms. The molecule has 2 aromatic rings. The van der Waals surface area contributed by atoms with Crippen LogP contribution in [0.1, 0.15) is 12.8 Å². The highest BCUT2D eigenvalue weighted by Crippen LogP contribution is 2.23. The predicted molar refractivity (Wildman–Crippen MR) is 78.8 cm³/mol. The third-order valence-corrected chi connectivity index (χ3v) is 4.02. The van der Waals surface area contributed by atoms with E-state index in [0.29, 0.717) is 6.10 Å². The van der Waals surface area contributed by atoms with Crippen LogP contribution in [0.2, 0.25) is 5.02 Å². The Morgan fingerprint density at radius 1 is 1.37 bits per heavy atom. The Labute approximate surface area is 118 Å². The van der Waals surface area contributed by atoms with Crippen molar-refractivity contribution in [1.29, 1.82) is 0 Å². The Hall–Kier alpha value is -1.03. The van der Waals surface area contributed by atoms with E-state index in [1.807, 2.05) is 12.1 Å². The highest BCUT2D eigenvalue weighted by Gasteiger charge is 2.14. The number of hydrogen-bond donors (Lipinski definition) is 1. The highest BCUT2D eigenvalue weighted by molar-refractivity contribution is 6.35. The Bertz CT molecular complexity index is 546. The van der Waals surface area contributed by atoms with Crippen LogP contribution in [0, 0.1) is 0 Å². The van der Waals surface area contributed by atoms with Crippen LogP contribution >= 0.6 is 11.6 Å². The van der Waals surface area contributed by atoms with Gasteiger partial charge in [-0.05, 0) is 31.0 Å². The van der Waals surface area contributed by atoms with E-state index in [1.54, 1.807) is 0 Å². The number of rotatable bonds is 5. The number of ether oxygens (including phenoxy) is 1. The molecule has 2 heterocycles. The maximum absolute atomic E-state index is 6.17. The zero-order valence-electron chi connectivity index (χ0n) is 10.9. The Kier molecular flexibility index (Phi) is 4.06. The predicted octanol–water partition coefficient (Wildman–Crippen LogP) is 3.06. The minimum absolute atomic E-state index is 0.413. The molecule has 1 N–H and O–H groups in total. The van der Waals surface area contributed by atoms with Crippen molar-refractivity contribution >= 4 is 22.5 Å². The van der Waals surface area contributed by atoms with Crippen LogP contribution in [0.25, 0.3) is 10.9 Å². The molecule has 1 aliphatic rings. The monoisotopic (exact) mass is 278 g/mol. The van der Waals surface area contributed by atoms with Gasteiger partial charge in [-0.3, -0.25) is 0 Å². The van der Waals surface area contributed by atoms with Gasteiger partial charge in [0.05, 0.1) is 6.10 Å². The minimum Gasteiger partial charge on any atom is -0.377 e. The van der Waals surface area contributed by atoms with Crippen LogP contribution in [-0.2, 0) is 11.3 Å². The molecule has 1 aromatic carbocycles. The van der Waals surface area contributed by atoms with Gasteiger partial charge >= 0.3 is 0 Å². The fourth-order valence-corrected chi connectivity index (χ4v) is 2.88. The van der Waals surface area contributed by atoms with E-state index in [2.05, 4.69) is 28.2 Å². The highest BCUT2D eigenvalue weighted by atomic mass is 35.5. The van der Waals surface area contributed by atoms with Crippen LogP contribution in [-0.4, -0.2) is 30.4 Å². The van der Waals surface area contributed by atoms with Gasteiger partial charge in [0, 0.05) is 48.4 Å². The third-order valence-electron chi connectivity index (χ3n) is 3.69. The minimum atomic E-state index is 0.413. The van der Waals surface area contributed by atoms with E-state index in [-0.39, 0.29) is 0 Å². The maximum Gasteiger partial charge on any atom is 0.0700 e. The summed E-state index contributed by atoms with van der Waals surface area (Å²) >= 11 is 6.17. The summed E-state index contributed by atoms with van der Waals surface area (Å²) in [5, 5.41) is 5.42. The lowest BCUT2D eigenvalue weighted by Gasteiger charge is -2.11. The molecule has 1 atom stereocenters. The fourth-order valence-electron chi connectivity index (χ4n) is 2.65. The fraction of sp³-hybridized carbons (Fsp3) is 0.467. The molecule has 19 heavy (non-hydrogen) atoms. The Morgan fingerprint density at radius 2 is 2.32 bits per heavy atom. The van der Waals surface area contributed by atoms with E-state index in [0.717, 1.165) is 36.7 Å². The zero-order chi connectivity index (χ0) is 13.1. The first kappa shape index (κ1) is 13.0. The second-order valence-electron chi connectivity index (χ2n) is 5.02. The summed E-state index contributed by atoms with van der Waals surface area (Å²) in [5.74, 6) is 0. The van der Waals surface area contributed by atoms with Crippen LogP contribution in [0.3, 0.4) is 0 Å². The van der Waals surface area contributed by atoms with Gasteiger partial charge in [-0.15, -0.1) is 0 Å². The zero-order valence-corrected chi connectivity index (χ0v) is 11.7. The molecule has 3 rings (SSSR count). The van der Waals surface area contributed by atoms with Crippen molar-refractivity contribution in [2.75, 3.05) is 19.7 Å². The average molecular weight is 279 g/mol. The summed E-state index contributed by atoms with van der Waals surface area (Å²) in [6.45, 7) is 3.79. The molecular formula is C15H19ClN2O. The van der Waals surface area contributed by atoms with Gasteiger partial charge in [0.2, 0.25) is 0 Å². The lowest BCUT2D eigenvalue weighted by atomic mass is 10.2. The van der Waals surface area contributed by atoms with Crippen molar-refractivity contribution in [2.24, 2.45) is 0 Å². The number of nitrogens with zero attached hydrogens (tertiary/aromatic N) is 1. The average Bonchev–Trinajstić information content (AvgIpc) is 3.05. The van der Waals surface area contributed by atoms with Crippen molar-refractivity contribution in [1.82, 2.24) is 9.88 Å². The van der Waals surface area contributed by atoms with Gasteiger partial charge in [0.25, 0.3) is 0 Å². The van der Waals surface area contributed by atoms with E-state index >= 15 is 0 Å². The number of aromatic nitrogens is 1. The maximum atomic E-state index is 6.17. The number of fused-ring (bicyclic) bond motifs is 1. The second-order valence-corrected chi connectivity index (χ2v) is 5.43. The van der Waals surface area contributed by atoms with Crippen LogP contribution in [0.5, 0.6) is 0 Å². The number of benzene rings is 1. The quantitative estimate of drug-likeness (QED) is 0.851. The SMILES string of the molecule is Clc1cccc2c1ccn2CCNCC1CCCO1.